The monoisotopic (exact) mass is 263 g/mol. The lowest BCUT2D eigenvalue weighted by Gasteiger charge is -2.09. The van der Waals surface area contributed by atoms with Crippen molar-refractivity contribution in [3.05, 3.63) is 0 Å². The molecule has 0 aromatic carbocycles. The van der Waals surface area contributed by atoms with E-state index in [0.29, 0.717) is 25.8 Å². The minimum absolute atomic E-state index is 0.0934. The standard InChI is InChI=1S/C11H21NO4S/c1-3-17(14,15)6-4-5-11(13)10-7-9(16-2)8-12-10/h9-10,12H,3-8H2,1-2H3. The maximum absolute atomic E-state index is 11.8. The van der Waals surface area contributed by atoms with Crippen molar-refractivity contribution in [1.82, 2.24) is 5.32 Å². The van der Waals surface area contributed by atoms with Gasteiger partial charge in [0.05, 0.1) is 17.9 Å². The molecule has 0 radical (unpaired) electrons. The van der Waals surface area contributed by atoms with Gasteiger partial charge in [-0.3, -0.25) is 4.79 Å². The summed E-state index contributed by atoms with van der Waals surface area (Å²) in [4.78, 5) is 11.8. The molecule has 2 unspecified atom stereocenters. The lowest BCUT2D eigenvalue weighted by molar-refractivity contribution is -0.120. The summed E-state index contributed by atoms with van der Waals surface area (Å²) in [6.45, 7) is 2.32. The molecule has 1 aliphatic rings. The van der Waals surface area contributed by atoms with Gasteiger partial charge in [-0.2, -0.15) is 0 Å². The fourth-order valence-electron chi connectivity index (χ4n) is 1.91. The maximum atomic E-state index is 11.8. The molecule has 0 aromatic rings. The van der Waals surface area contributed by atoms with E-state index >= 15 is 0 Å². The molecule has 17 heavy (non-hydrogen) atoms. The van der Waals surface area contributed by atoms with Gasteiger partial charge in [-0.1, -0.05) is 6.92 Å². The summed E-state index contributed by atoms with van der Waals surface area (Å²) in [6, 6.07) is -0.163. The highest BCUT2D eigenvalue weighted by Crippen LogP contribution is 2.12. The molecule has 0 saturated carbocycles. The van der Waals surface area contributed by atoms with Gasteiger partial charge in [0, 0.05) is 25.8 Å². The minimum Gasteiger partial charge on any atom is -0.380 e. The van der Waals surface area contributed by atoms with E-state index in [2.05, 4.69) is 5.32 Å². The van der Waals surface area contributed by atoms with Crippen molar-refractivity contribution in [1.29, 1.82) is 0 Å². The number of hydrogen-bond acceptors (Lipinski definition) is 5. The van der Waals surface area contributed by atoms with Crippen LogP contribution in [0.15, 0.2) is 0 Å². The van der Waals surface area contributed by atoms with Gasteiger partial charge in [0.15, 0.2) is 0 Å². The topological polar surface area (TPSA) is 72.5 Å². The zero-order chi connectivity index (χ0) is 12.9. The summed E-state index contributed by atoms with van der Waals surface area (Å²) in [5.74, 6) is 0.348. The number of methoxy groups -OCH3 is 1. The Hall–Kier alpha value is -0.460. The van der Waals surface area contributed by atoms with Gasteiger partial charge in [0.1, 0.15) is 15.6 Å². The quantitative estimate of drug-likeness (QED) is 0.708. The molecule has 1 heterocycles. The first-order valence-electron chi connectivity index (χ1n) is 5.98. The molecule has 1 aliphatic heterocycles. The van der Waals surface area contributed by atoms with Crippen LogP contribution < -0.4 is 5.32 Å². The van der Waals surface area contributed by atoms with Crippen LogP contribution in [0.5, 0.6) is 0 Å². The highest BCUT2D eigenvalue weighted by Gasteiger charge is 2.28. The van der Waals surface area contributed by atoms with Gasteiger partial charge in [-0.15, -0.1) is 0 Å². The molecule has 0 aliphatic carbocycles. The Morgan fingerprint density at radius 3 is 2.71 bits per heavy atom. The molecule has 100 valence electrons. The molecule has 1 N–H and O–H groups in total. The van der Waals surface area contributed by atoms with Gasteiger partial charge >= 0.3 is 0 Å². The number of sulfone groups is 1. The first kappa shape index (κ1) is 14.6. The average Bonchev–Trinajstić information content (AvgIpc) is 2.77. The van der Waals surface area contributed by atoms with Crippen LogP contribution in [0.1, 0.15) is 26.2 Å². The van der Waals surface area contributed by atoms with Crippen molar-refractivity contribution in [2.45, 2.75) is 38.3 Å². The molecule has 0 bridgehead atoms. The molecule has 0 spiro atoms. The lowest BCUT2D eigenvalue weighted by atomic mass is 10.1. The third kappa shape index (κ3) is 4.73. The summed E-state index contributed by atoms with van der Waals surface area (Å²) in [7, 11) is -1.32. The Labute approximate surface area is 103 Å². The van der Waals surface area contributed by atoms with Crippen molar-refractivity contribution in [3.8, 4) is 0 Å². The summed E-state index contributed by atoms with van der Waals surface area (Å²) >= 11 is 0. The smallest absolute Gasteiger partial charge is 0.150 e. The van der Waals surface area contributed by atoms with Crippen molar-refractivity contribution in [3.63, 3.8) is 0 Å². The van der Waals surface area contributed by atoms with Crippen molar-refractivity contribution in [2.75, 3.05) is 25.2 Å². The minimum atomic E-state index is -2.95. The average molecular weight is 263 g/mol. The highest BCUT2D eigenvalue weighted by atomic mass is 32.2. The Balaban J connectivity index is 2.27. The summed E-state index contributed by atoms with van der Waals surface area (Å²) < 4.78 is 27.7. The second-order valence-corrected chi connectivity index (χ2v) is 6.83. The Bertz CT molecular complexity index is 352. The van der Waals surface area contributed by atoms with Crippen molar-refractivity contribution < 1.29 is 17.9 Å². The second kappa shape index (κ2) is 6.47. The SMILES string of the molecule is CCS(=O)(=O)CCCC(=O)C1CC(OC)CN1. The fourth-order valence-corrected chi connectivity index (χ4v) is 2.79. The number of carbonyl (C=O) groups excluding carboxylic acids is 1. The molecule has 0 aromatic heterocycles. The van der Waals surface area contributed by atoms with E-state index in [4.69, 9.17) is 4.74 Å². The van der Waals surface area contributed by atoms with Gasteiger partial charge in [0.25, 0.3) is 0 Å². The van der Waals surface area contributed by atoms with Gasteiger partial charge < -0.3 is 10.1 Å². The molecule has 2 atom stereocenters. The number of rotatable bonds is 7. The first-order valence-corrected chi connectivity index (χ1v) is 7.80. The number of ketones is 1. The van der Waals surface area contributed by atoms with E-state index in [1.54, 1.807) is 14.0 Å². The number of hydrogen-bond donors (Lipinski definition) is 1. The predicted molar refractivity (Wildman–Crippen MR) is 65.8 cm³/mol. The van der Waals surface area contributed by atoms with Crippen LogP contribution in [0.25, 0.3) is 0 Å². The third-order valence-electron chi connectivity index (χ3n) is 3.13. The number of ether oxygens (including phenoxy) is 1. The van der Waals surface area contributed by atoms with E-state index in [1.165, 1.54) is 0 Å². The van der Waals surface area contributed by atoms with E-state index in [0.717, 1.165) is 0 Å². The summed E-state index contributed by atoms with van der Waals surface area (Å²) in [5, 5.41) is 3.10. The largest absolute Gasteiger partial charge is 0.380 e. The number of carbonyl (C=O) groups is 1. The highest BCUT2D eigenvalue weighted by molar-refractivity contribution is 7.91. The Kier molecular flexibility index (Phi) is 5.55. The molecule has 0 amide bonds. The van der Waals surface area contributed by atoms with Gasteiger partial charge in [-0.05, 0) is 12.8 Å². The van der Waals surface area contributed by atoms with Crippen LogP contribution in [-0.4, -0.2) is 51.5 Å². The molecule has 1 rings (SSSR count). The third-order valence-corrected chi connectivity index (χ3v) is 4.92. The van der Waals surface area contributed by atoms with Crippen molar-refractivity contribution >= 4 is 15.6 Å². The molecule has 1 fully saturated rings. The van der Waals surface area contributed by atoms with Gasteiger partial charge in [-0.25, -0.2) is 8.42 Å². The van der Waals surface area contributed by atoms with Crippen LogP contribution >= 0.6 is 0 Å². The van der Waals surface area contributed by atoms with Crippen LogP contribution in [0.4, 0.5) is 0 Å². The maximum Gasteiger partial charge on any atom is 0.150 e. The molecule has 5 nitrogen and oxygen atoms in total. The number of Topliss-reactive ketones (excluding diaryl/α,β-unsaturated/α-hetero) is 1. The molecule has 6 heteroatoms. The lowest BCUT2D eigenvalue weighted by Crippen LogP contribution is -2.30. The second-order valence-electron chi connectivity index (χ2n) is 4.36. The zero-order valence-electron chi connectivity index (χ0n) is 10.4. The molecular formula is C11H21NO4S. The summed E-state index contributed by atoms with van der Waals surface area (Å²) in [6.07, 6.45) is 1.54. The van der Waals surface area contributed by atoms with E-state index in [1.807, 2.05) is 0 Å². The predicted octanol–water partition coefficient (Wildman–Crippen LogP) is 0.147. The van der Waals surface area contributed by atoms with Crippen LogP contribution in [0.2, 0.25) is 0 Å². The van der Waals surface area contributed by atoms with Crippen LogP contribution in [0, 0.1) is 0 Å². The van der Waals surface area contributed by atoms with Crippen molar-refractivity contribution in [2.24, 2.45) is 0 Å². The van der Waals surface area contributed by atoms with Crippen LogP contribution in [-0.2, 0) is 19.4 Å². The normalized spacial score (nSPS) is 25.1. The van der Waals surface area contributed by atoms with Gasteiger partial charge in [0.2, 0.25) is 0 Å². The number of nitrogens with one attached hydrogen (secondary N) is 1. The molecular weight excluding hydrogens is 242 g/mol. The van der Waals surface area contributed by atoms with E-state index in [9.17, 15) is 13.2 Å². The molecule has 1 saturated heterocycles. The van der Waals surface area contributed by atoms with E-state index < -0.39 is 9.84 Å². The van der Waals surface area contributed by atoms with Crippen LogP contribution in [0.3, 0.4) is 0 Å². The first-order chi connectivity index (χ1) is 7.98. The fraction of sp³-hybridized carbons (Fsp3) is 0.909. The Morgan fingerprint density at radius 2 is 2.18 bits per heavy atom. The Morgan fingerprint density at radius 1 is 1.47 bits per heavy atom. The summed E-state index contributed by atoms with van der Waals surface area (Å²) in [5.41, 5.74) is 0. The zero-order valence-corrected chi connectivity index (χ0v) is 11.3. The van der Waals surface area contributed by atoms with E-state index in [-0.39, 0.29) is 29.4 Å².